The van der Waals surface area contributed by atoms with Crippen molar-refractivity contribution in [3.05, 3.63) is 41.5 Å². The van der Waals surface area contributed by atoms with Gasteiger partial charge in [-0.15, -0.1) is 12.4 Å². The quantitative estimate of drug-likeness (QED) is 0.922. The summed E-state index contributed by atoms with van der Waals surface area (Å²) >= 11 is 0. The highest BCUT2D eigenvalue weighted by Gasteiger charge is 2.31. The zero-order valence-corrected chi connectivity index (χ0v) is 11.9. The topological polar surface area (TPSA) is 21.3 Å². The van der Waals surface area contributed by atoms with Crippen molar-refractivity contribution in [2.75, 3.05) is 20.2 Å². The summed E-state index contributed by atoms with van der Waals surface area (Å²) < 4.78 is 42.7. The Hall–Kier alpha value is -1.04. The molecule has 0 aromatic heterocycles. The summed E-state index contributed by atoms with van der Waals surface area (Å²) in [6.07, 6.45) is 0.290. The SMILES string of the molecule is COC1(C=Cc2ccc(C(F)(F)F)cc2)CCNC1.Cl. The summed E-state index contributed by atoms with van der Waals surface area (Å²) in [5.74, 6) is 0. The molecule has 0 radical (unpaired) electrons. The summed E-state index contributed by atoms with van der Waals surface area (Å²) in [5, 5.41) is 3.20. The Morgan fingerprint density at radius 1 is 1.25 bits per heavy atom. The van der Waals surface area contributed by atoms with Crippen LogP contribution in [0.3, 0.4) is 0 Å². The highest BCUT2D eigenvalue weighted by Crippen LogP contribution is 2.29. The van der Waals surface area contributed by atoms with Crippen LogP contribution in [0.2, 0.25) is 0 Å². The van der Waals surface area contributed by atoms with Crippen molar-refractivity contribution in [2.45, 2.75) is 18.2 Å². The summed E-state index contributed by atoms with van der Waals surface area (Å²) in [5.41, 5.74) is -0.243. The van der Waals surface area contributed by atoms with Crippen LogP contribution in [0.15, 0.2) is 30.3 Å². The lowest BCUT2D eigenvalue weighted by atomic mass is 10.0. The monoisotopic (exact) mass is 307 g/mol. The lowest BCUT2D eigenvalue weighted by Gasteiger charge is -2.22. The fourth-order valence-corrected chi connectivity index (χ4v) is 2.10. The molecule has 1 aromatic carbocycles. The molecule has 1 unspecified atom stereocenters. The van der Waals surface area contributed by atoms with E-state index in [-0.39, 0.29) is 18.0 Å². The molecule has 1 saturated heterocycles. The molecule has 2 rings (SSSR count). The lowest BCUT2D eigenvalue weighted by Crippen LogP contribution is -2.31. The molecule has 1 aliphatic heterocycles. The number of hydrogen-bond acceptors (Lipinski definition) is 2. The van der Waals surface area contributed by atoms with Gasteiger partial charge in [0.25, 0.3) is 0 Å². The number of rotatable bonds is 3. The Labute approximate surface area is 122 Å². The maximum absolute atomic E-state index is 12.4. The Morgan fingerprint density at radius 3 is 2.35 bits per heavy atom. The van der Waals surface area contributed by atoms with E-state index in [2.05, 4.69) is 5.32 Å². The highest BCUT2D eigenvalue weighted by molar-refractivity contribution is 5.85. The minimum atomic E-state index is -4.29. The summed E-state index contributed by atoms with van der Waals surface area (Å²) in [7, 11) is 1.64. The van der Waals surface area contributed by atoms with Gasteiger partial charge in [0.2, 0.25) is 0 Å². The van der Waals surface area contributed by atoms with Crippen molar-refractivity contribution in [3.8, 4) is 0 Å². The van der Waals surface area contributed by atoms with Crippen LogP contribution in [-0.4, -0.2) is 25.8 Å². The fraction of sp³-hybridized carbons (Fsp3) is 0.429. The minimum absolute atomic E-state index is 0. The molecule has 0 bridgehead atoms. The first-order valence-electron chi connectivity index (χ1n) is 6.08. The van der Waals surface area contributed by atoms with E-state index in [1.807, 2.05) is 6.08 Å². The van der Waals surface area contributed by atoms with E-state index < -0.39 is 11.7 Å². The normalized spacial score (nSPS) is 23.0. The molecule has 0 amide bonds. The van der Waals surface area contributed by atoms with Gasteiger partial charge < -0.3 is 10.1 Å². The Kier molecular flexibility index (Phi) is 5.62. The van der Waals surface area contributed by atoms with Crippen molar-refractivity contribution in [3.63, 3.8) is 0 Å². The first kappa shape index (κ1) is 17.0. The molecule has 1 aromatic rings. The molecule has 112 valence electrons. The van der Waals surface area contributed by atoms with Gasteiger partial charge in [-0.25, -0.2) is 0 Å². The third-order valence-electron chi connectivity index (χ3n) is 3.37. The van der Waals surface area contributed by atoms with Crippen LogP contribution in [0.5, 0.6) is 0 Å². The van der Waals surface area contributed by atoms with E-state index in [1.54, 1.807) is 13.2 Å². The second kappa shape index (κ2) is 6.61. The Balaban J connectivity index is 0.00000200. The van der Waals surface area contributed by atoms with Crippen LogP contribution in [0.4, 0.5) is 13.2 Å². The molecular formula is C14H17ClF3NO. The Bertz CT molecular complexity index is 450. The average molecular weight is 308 g/mol. The molecule has 1 N–H and O–H groups in total. The van der Waals surface area contributed by atoms with E-state index >= 15 is 0 Å². The number of ether oxygens (including phenoxy) is 1. The molecule has 20 heavy (non-hydrogen) atoms. The molecule has 0 aliphatic carbocycles. The second-order valence-corrected chi connectivity index (χ2v) is 4.65. The molecule has 0 saturated carbocycles. The first-order valence-corrected chi connectivity index (χ1v) is 6.08. The molecular weight excluding hydrogens is 291 g/mol. The van der Waals surface area contributed by atoms with Crippen molar-refractivity contribution >= 4 is 18.5 Å². The number of halogens is 4. The molecule has 6 heteroatoms. The van der Waals surface area contributed by atoms with Gasteiger partial charge in [0.15, 0.2) is 0 Å². The van der Waals surface area contributed by atoms with Gasteiger partial charge in [0.05, 0.1) is 11.2 Å². The molecule has 1 atom stereocenters. The third kappa shape index (κ3) is 3.98. The lowest BCUT2D eigenvalue weighted by molar-refractivity contribution is -0.137. The van der Waals surface area contributed by atoms with Crippen LogP contribution in [0.1, 0.15) is 17.5 Å². The summed E-state index contributed by atoms with van der Waals surface area (Å²) in [6, 6.07) is 5.11. The smallest absolute Gasteiger partial charge is 0.373 e. The van der Waals surface area contributed by atoms with Gasteiger partial charge in [-0.3, -0.25) is 0 Å². The van der Waals surface area contributed by atoms with Gasteiger partial charge in [0.1, 0.15) is 0 Å². The van der Waals surface area contributed by atoms with Crippen molar-refractivity contribution < 1.29 is 17.9 Å². The van der Waals surface area contributed by atoms with Crippen molar-refractivity contribution in [1.29, 1.82) is 0 Å². The summed E-state index contributed by atoms with van der Waals surface area (Å²) in [4.78, 5) is 0. The first-order chi connectivity index (χ1) is 8.95. The van der Waals surface area contributed by atoms with Crippen LogP contribution in [0.25, 0.3) is 6.08 Å². The zero-order chi connectivity index (χ0) is 13.9. The van der Waals surface area contributed by atoms with Gasteiger partial charge >= 0.3 is 6.18 Å². The fourth-order valence-electron chi connectivity index (χ4n) is 2.10. The van der Waals surface area contributed by atoms with E-state index in [0.717, 1.165) is 37.2 Å². The molecule has 1 heterocycles. The van der Waals surface area contributed by atoms with Crippen molar-refractivity contribution in [2.24, 2.45) is 0 Å². The van der Waals surface area contributed by atoms with Gasteiger partial charge in [-0.2, -0.15) is 13.2 Å². The zero-order valence-electron chi connectivity index (χ0n) is 11.0. The summed E-state index contributed by atoms with van der Waals surface area (Å²) in [6.45, 7) is 1.60. The highest BCUT2D eigenvalue weighted by atomic mass is 35.5. The average Bonchev–Trinajstić information content (AvgIpc) is 2.85. The third-order valence-corrected chi connectivity index (χ3v) is 3.37. The molecule has 2 nitrogen and oxygen atoms in total. The second-order valence-electron chi connectivity index (χ2n) is 4.65. The number of methoxy groups -OCH3 is 1. The van der Waals surface area contributed by atoms with Crippen molar-refractivity contribution in [1.82, 2.24) is 5.32 Å². The standard InChI is InChI=1S/C14H16F3NO.ClH/c1-19-13(8-9-18-10-13)7-6-11-2-4-12(5-3-11)14(15,16)17;/h2-7,18H,8-10H2,1H3;1H. The molecule has 1 fully saturated rings. The van der Waals surface area contributed by atoms with E-state index in [9.17, 15) is 13.2 Å². The van der Waals surface area contributed by atoms with Crippen LogP contribution in [0, 0.1) is 0 Å². The molecule has 1 aliphatic rings. The largest absolute Gasteiger partial charge is 0.416 e. The maximum atomic E-state index is 12.4. The van der Waals surface area contributed by atoms with E-state index in [1.165, 1.54) is 12.1 Å². The number of alkyl halides is 3. The van der Waals surface area contributed by atoms with E-state index in [4.69, 9.17) is 4.74 Å². The predicted molar refractivity (Wildman–Crippen MR) is 75.0 cm³/mol. The van der Waals surface area contributed by atoms with Crippen LogP contribution >= 0.6 is 12.4 Å². The number of hydrogen-bond donors (Lipinski definition) is 1. The number of nitrogens with one attached hydrogen (secondary N) is 1. The minimum Gasteiger partial charge on any atom is -0.373 e. The predicted octanol–water partition coefficient (Wildman–Crippen LogP) is 3.52. The Morgan fingerprint density at radius 2 is 1.90 bits per heavy atom. The maximum Gasteiger partial charge on any atom is 0.416 e. The number of benzene rings is 1. The van der Waals surface area contributed by atoms with Crippen LogP contribution < -0.4 is 5.32 Å². The van der Waals surface area contributed by atoms with Gasteiger partial charge in [-0.1, -0.05) is 24.3 Å². The van der Waals surface area contributed by atoms with Gasteiger partial charge in [-0.05, 0) is 30.7 Å². The van der Waals surface area contributed by atoms with Gasteiger partial charge in [0, 0.05) is 13.7 Å². The van der Waals surface area contributed by atoms with E-state index in [0.29, 0.717) is 0 Å². The van der Waals surface area contributed by atoms with Crippen LogP contribution in [-0.2, 0) is 10.9 Å². The molecule has 0 spiro atoms.